The second kappa shape index (κ2) is 6.41. The van der Waals surface area contributed by atoms with Crippen LogP contribution in [0.4, 0.5) is 5.82 Å². The van der Waals surface area contributed by atoms with E-state index in [-0.39, 0.29) is 5.69 Å². The average molecular weight is 370 g/mol. The number of fused-ring (bicyclic) bond motifs is 1. The molecule has 0 bridgehead atoms. The predicted octanol–water partition coefficient (Wildman–Crippen LogP) is 3.23. The Labute approximate surface area is 156 Å². The molecule has 3 aromatic rings. The molecule has 1 saturated heterocycles. The predicted molar refractivity (Wildman–Crippen MR) is 105 cm³/mol. The van der Waals surface area contributed by atoms with Gasteiger partial charge in [0.1, 0.15) is 5.82 Å². The van der Waals surface area contributed by atoms with Crippen molar-refractivity contribution in [2.75, 3.05) is 18.0 Å². The van der Waals surface area contributed by atoms with E-state index in [1.807, 2.05) is 55.1 Å². The number of aliphatic hydroxyl groups is 1. The van der Waals surface area contributed by atoms with Crippen molar-refractivity contribution < 1.29 is 5.11 Å². The maximum Gasteiger partial charge on any atom is 0.354 e. The quantitative estimate of drug-likeness (QED) is 0.753. The van der Waals surface area contributed by atoms with Crippen LogP contribution in [0.1, 0.15) is 17.5 Å². The zero-order chi connectivity index (χ0) is 18.4. The summed E-state index contributed by atoms with van der Waals surface area (Å²) in [5.41, 5.74) is 3.13. The number of hydrogen-bond donors (Lipinski definition) is 1. The van der Waals surface area contributed by atoms with Crippen LogP contribution in [0, 0.1) is 13.8 Å². The molecule has 1 N–H and O–H groups in total. The Morgan fingerprint density at radius 2 is 1.96 bits per heavy atom. The van der Waals surface area contributed by atoms with Crippen LogP contribution in [-0.4, -0.2) is 33.9 Å². The van der Waals surface area contributed by atoms with Gasteiger partial charge in [-0.25, -0.2) is 4.79 Å². The maximum absolute atomic E-state index is 13.0. The van der Waals surface area contributed by atoms with Crippen LogP contribution in [0.25, 0.3) is 16.6 Å². The van der Waals surface area contributed by atoms with Gasteiger partial charge in [-0.3, -0.25) is 4.57 Å². The zero-order valence-corrected chi connectivity index (χ0v) is 15.5. The molecule has 0 aliphatic carbocycles. The summed E-state index contributed by atoms with van der Waals surface area (Å²) in [6.07, 6.45) is 0.287. The van der Waals surface area contributed by atoms with Crippen molar-refractivity contribution in [1.82, 2.24) is 9.55 Å². The minimum absolute atomic E-state index is 0.343. The first-order chi connectivity index (χ1) is 12.5. The molecule has 1 aliphatic rings. The number of β-amino-alcohol motifs (C(OH)–C–C–N with tert-alkyl or cyclic N) is 1. The summed E-state index contributed by atoms with van der Waals surface area (Å²) in [4.78, 5) is 19.4. The number of aromatic nitrogens is 2. The number of hydrogen-bond acceptors (Lipinski definition) is 4. The number of aryl methyl sites for hydroxylation is 2. The summed E-state index contributed by atoms with van der Waals surface area (Å²) >= 11 is 6.32. The lowest BCUT2D eigenvalue weighted by molar-refractivity contribution is 0.198. The van der Waals surface area contributed by atoms with E-state index in [0.717, 1.165) is 27.7 Å². The van der Waals surface area contributed by atoms with Gasteiger partial charge in [-0.05, 0) is 49.6 Å². The molecule has 2 aromatic carbocycles. The first-order valence-electron chi connectivity index (χ1n) is 8.67. The molecule has 0 saturated carbocycles. The van der Waals surface area contributed by atoms with E-state index in [0.29, 0.717) is 30.4 Å². The van der Waals surface area contributed by atoms with E-state index < -0.39 is 6.10 Å². The van der Waals surface area contributed by atoms with E-state index in [1.165, 1.54) is 0 Å². The lowest BCUT2D eigenvalue weighted by Crippen LogP contribution is -2.29. The van der Waals surface area contributed by atoms with Gasteiger partial charge in [-0.2, -0.15) is 4.98 Å². The summed E-state index contributed by atoms with van der Waals surface area (Å²) < 4.78 is 1.62. The van der Waals surface area contributed by atoms with Gasteiger partial charge in [-0.15, -0.1) is 0 Å². The van der Waals surface area contributed by atoms with E-state index in [2.05, 4.69) is 4.98 Å². The van der Waals surface area contributed by atoms with Gasteiger partial charge in [0.05, 0.1) is 17.3 Å². The SMILES string of the molecule is Cc1ccccc1-n1c(=O)nc(N2CC[C@@H](O)C2)c2c(C)cc(Cl)cc21. The van der Waals surface area contributed by atoms with Crippen LogP contribution in [0.3, 0.4) is 0 Å². The highest BCUT2D eigenvalue weighted by atomic mass is 35.5. The number of rotatable bonds is 2. The molecule has 1 fully saturated rings. The highest BCUT2D eigenvalue weighted by Gasteiger charge is 2.25. The summed E-state index contributed by atoms with van der Waals surface area (Å²) in [5.74, 6) is 0.626. The van der Waals surface area contributed by atoms with Crippen molar-refractivity contribution in [2.24, 2.45) is 0 Å². The standard InChI is InChI=1S/C20H20ClN3O2/c1-12-5-3-4-6-16(12)24-17-10-14(21)9-13(2)18(17)19(22-20(24)26)23-8-7-15(25)11-23/h3-6,9-10,15,25H,7-8,11H2,1-2H3/t15-/m1/s1. The molecule has 0 radical (unpaired) electrons. The van der Waals surface area contributed by atoms with Crippen LogP contribution < -0.4 is 10.6 Å². The molecule has 134 valence electrons. The van der Waals surface area contributed by atoms with E-state index in [1.54, 1.807) is 4.57 Å². The van der Waals surface area contributed by atoms with Crippen molar-refractivity contribution in [3.05, 3.63) is 63.0 Å². The Balaban J connectivity index is 2.08. The Hall–Kier alpha value is -2.37. The molecular weight excluding hydrogens is 350 g/mol. The number of aliphatic hydroxyl groups excluding tert-OH is 1. The zero-order valence-electron chi connectivity index (χ0n) is 14.7. The fraction of sp³-hybridized carbons (Fsp3) is 0.300. The molecule has 1 aromatic heterocycles. The molecule has 6 heteroatoms. The third-order valence-electron chi connectivity index (χ3n) is 4.96. The van der Waals surface area contributed by atoms with Crippen LogP contribution in [-0.2, 0) is 0 Å². The molecule has 2 heterocycles. The third-order valence-corrected chi connectivity index (χ3v) is 5.17. The van der Waals surface area contributed by atoms with Gasteiger partial charge < -0.3 is 10.0 Å². The molecule has 1 aliphatic heterocycles. The fourth-order valence-corrected chi connectivity index (χ4v) is 3.97. The van der Waals surface area contributed by atoms with Gasteiger partial charge >= 0.3 is 5.69 Å². The van der Waals surface area contributed by atoms with Gasteiger partial charge in [-0.1, -0.05) is 29.8 Å². The molecule has 0 spiro atoms. The lowest BCUT2D eigenvalue weighted by Gasteiger charge is -2.22. The maximum atomic E-state index is 13.0. The molecule has 4 rings (SSSR count). The van der Waals surface area contributed by atoms with Crippen molar-refractivity contribution in [3.8, 4) is 5.69 Å². The Bertz CT molecular complexity index is 1060. The normalized spacial score (nSPS) is 17.2. The summed E-state index contributed by atoms with van der Waals surface area (Å²) in [6, 6.07) is 11.4. The lowest BCUT2D eigenvalue weighted by atomic mass is 10.1. The first-order valence-corrected chi connectivity index (χ1v) is 9.05. The summed E-state index contributed by atoms with van der Waals surface area (Å²) in [6.45, 7) is 5.10. The number of benzene rings is 2. The molecular formula is C20H20ClN3O2. The minimum atomic E-state index is -0.391. The molecule has 1 atom stereocenters. The first kappa shape index (κ1) is 17.1. The highest BCUT2D eigenvalue weighted by molar-refractivity contribution is 6.31. The molecule has 0 amide bonds. The Morgan fingerprint density at radius 3 is 2.65 bits per heavy atom. The van der Waals surface area contributed by atoms with Crippen LogP contribution in [0.15, 0.2) is 41.2 Å². The second-order valence-corrected chi connectivity index (χ2v) is 7.28. The molecule has 0 unspecified atom stereocenters. The van der Waals surface area contributed by atoms with Crippen LogP contribution in [0.5, 0.6) is 0 Å². The van der Waals surface area contributed by atoms with E-state index >= 15 is 0 Å². The van der Waals surface area contributed by atoms with Crippen LogP contribution in [0.2, 0.25) is 5.02 Å². The smallest absolute Gasteiger partial charge is 0.354 e. The third kappa shape index (κ3) is 2.77. The van der Waals surface area contributed by atoms with Crippen molar-refractivity contribution in [2.45, 2.75) is 26.4 Å². The highest BCUT2D eigenvalue weighted by Crippen LogP contribution is 2.32. The van der Waals surface area contributed by atoms with Gasteiger partial charge in [0, 0.05) is 23.5 Å². The minimum Gasteiger partial charge on any atom is -0.391 e. The fourth-order valence-electron chi connectivity index (χ4n) is 3.70. The van der Waals surface area contributed by atoms with E-state index in [4.69, 9.17) is 11.6 Å². The summed E-state index contributed by atoms with van der Waals surface area (Å²) in [7, 11) is 0. The second-order valence-electron chi connectivity index (χ2n) is 6.85. The van der Waals surface area contributed by atoms with E-state index in [9.17, 15) is 9.90 Å². The van der Waals surface area contributed by atoms with Crippen LogP contribution >= 0.6 is 11.6 Å². The monoisotopic (exact) mass is 369 g/mol. The number of nitrogens with zero attached hydrogens (tertiary/aromatic N) is 3. The number of anilines is 1. The molecule has 26 heavy (non-hydrogen) atoms. The Kier molecular flexibility index (Phi) is 4.21. The largest absolute Gasteiger partial charge is 0.391 e. The van der Waals surface area contributed by atoms with Gasteiger partial charge in [0.2, 0.25) is 0 Å². The van der Waals surface area contributed by atoms with Crippen molar-refractivity contribution in [1.29, 1.82) is 0 Å². The Morgan fingerprint density at radius 1 is 1.19 bits per heavy atom. The average Bonchev–Trinajstić information content (AvgIpc) is 3.01. The molecule has 5 nitrogen and oxygen atoms in total. The van der Waals surface area contributed by atoms with Gasteiger partial charge in [0.15, 0.2) is 0 Å². The topological polar surface area (TPSA) is 58.4 Å². The number of halogens is 1. The van der Waals surface area contributed by atoms with Crippen molar-refractivity contribution in [3.63, 3.8) is 0 Å². The summed E-state index contributed by atoms with van der Waals surface area (Å²) in [5, 5.41) is 11.4. The van der Waals surface area contributed by atoms with Crippen molar-refractivity contribution >= 4 is 28.3 Å². The van der Waals surface area contributed by atoms with Gasteiger partial charge in [0.25, 0.3) is 0 Å². The number of para-hydroxylation sites is 1.